The van der Waals surface area contributed by atoms with E-state index in [1.807, 2.05) is 42.5 Å². The number of carboxylic acid groups (broad SMARTS) is 1. The highest BCUT2D eigenvalue weighted by Crippen LogP contribution is 2.22. The quantitative estimate of drug-likeness (QED) is 0.863. The van der Waals surface area contributed by atoms with Gasteiger partial charge in [0.25, 0.3) is 0 Å². The zero-order chi connectivity index (χ0) is 10.7. The van der Waals surface area contributed by atoms with E-state index >= 15 is 0 Å². The van der Waals surface area contributed by atoms with Gasteiger partial charge in [-0.15, -0.1) is 12.4 Å². The lowest BCUT2D eigenvalue weighted by molar-refractivity contribution is -0.134. The van der Waals surface area contributed by atoms with Gasteiger partial charge in [0.2, 0.25) is 0 Å². The van der Waals surface area contributed by atoms with Crippen molar-refractivity contribution in [2.24, 2.45) is 0 Å². The normalized spacial score (nSPS) is 9.50. The van der Waals surface area contributed by atoms with E-state index in [4.69, 9.17) is 5.11 Å². The molecule has 0 fully saturated rings. The van der Waals surface area contributed by atoms with Crippen molar-refractivity contribution in [3.63, 3.8) is 0 Å². The number of halogens is 1. The van der Waals surface area contributed by atoms with Crippen molar-refractivity contribution in [3.05, 3.63) is 42.5 Å². The highest BCUT2D eigenvalue weighted by atomic mass is 35.5. The zero-order valence-corrected chi connectivity index (χ0v) is 9.33. The Balaban J connectivity index is 0.00000128. The molecule has 0 heterocycles. The third-order valence-corrected chi connectivity index (χ3v) is 2.22. The molecule has 0 unspecified atom stereocenters. The summed E-state index contributed by atoms with van der Waals surface area (Å²) in [5, 5.41) is 13.6. The molecule has 0 aromatic heterocycles. The third kappa shape index (κ3) is 2.64. The molecule has 0 spiro atoms. The standard InChI is InChI=1S/C12H11NO2.ClH/c14-12(15)8-13-11-7-3-5-9-4-1-2-6-10(9)11;/h1-7,13H,8H2,(H,14,15);1H. The van der Waals surface area contributed by atoms with Gasteiger partial charge >= 0.3 is 5.97 Å². The number of carboxylic acids is 1. The predicted molar refractivity (Wildman–Crippen MR) is 67.3 cm³/mol. The minimum atomic E-state index is -0.858. The van der Waals surface area contributed by atoms with Crippen LogP contribution in [0.5, 0.6) is 0 Å². The van der Waals surface area contributed by atoms with Crippen molar-refractivity contribution < 1.29 is 9.90 Å². The largest absolute Gasteiger partial charge is 0.480 e. The number of anilines is 1. The lowest BCUT2D eigenvalue weighted by Gasteiger charge is -2.07. The predicted octanol–water partition coefficient (Wildman–Crippen LogP) is 2.76. The van der Waals surface area contributed by atoms with Crippen LogP contribution >= 0.6 is 12.4 Å². The smallest absolute Gasteiger partial charge is 0.322 e. The zero-order valence-electron chi connectivity index (χ0n) is 8.51. The Morgan fingerprint density at radius 3 is 2.56 bits per heavy atom. The van der Waals surface area contributed by atoms with Crippen LogP contribution in [-0.2, 0) is 4.79 Å². The van der Waals surface area contributed by atoms with Crippen molar-refractivity contribution in [3.8, 4) is 0 Å². The Kier molecular flexibility index (Phi) is 4.14. The Morgan fingerprint density at radius 1 is 1.12 bits per heavy atom. The molecule has 16 heavy (non-hydrogen) atoms. The van der Waals surface area contributed by atoms with E-state index in [-0.39, 0.29) is 19.0 Å². The molecule has 0 radical (unpaired) electrons. The second-order valence-corrected chi connectivity index (χ2v) is 3.27. The van der Waals surface area contributed by atoms with Gasteiger partial charge in [-0.3, -0.25) is 4.79 Å². The van der Waals surface area contributed by atoms with Crippen LogP contribution in [0.25, 0.3) is 10.8 Å². The second kappa shape index (κ2) is 5.37. The van der Waals surface area contributed by atoms with Gasteiger partial charge in [-0.25, -0.2) is 0 Å². The van der Waals surface area contributed by atoms with Gasteiger partial charge in [0.1, 0.15) is 6.54 Å². The van der Waals surface area contributed by atoms with Crippen LogP contribution < -0.4 is 5.32 Å². The van der Waals surface area contributed by atoms with Crippen LogP contribution in [0.4, 0.5) is 5.69 Å². The summed E-state index contributed by atoms with van der Waals surface area (Å²) in [5.74, 6) is -0.858. The van der Waals surface area contributed by atoms with Gasteiger partial charge in [-0.2, -0.15) is 0 Å². The fourth-order valence-electron chi connectivity index (χ4n) is 1.55. The number of benzene rings is 2. The fraction of sp³-hybridized carbons (Fsp3) is 0.0833. The summed E-state index contributed by atoms with van der Waals surface area (Å²) >= 11 is 0. The van der Waals surface area contributed by atoms with Gasteiger partial charge in [0, 0.05) is 11.1 Å². The molecule has 0 saturated heterocycles. The molecule has 0 saturated carbocycles. The minimum Gasteiger partial charge on any atom is -0.480 e. The summed E-state index contributed by atoms with van der Waals surface area (Å²) in [5.41, 5.74) is 0.857. The van der Waals surface area contributed by atoms with E-state index in [1.165, 1.54) is 0 Å². The Bertz CT molecular complexity index is 494. The van der Waals surface area contributed by atoms with Gasteiger partial charge < -0.3 is 10.4 Å². The van der Waals surface area contributed by atoms with E-state index in [9.17, 15) is 4.79 Å². The van der Waals surface area contributed by atoms with E-state index in [0.29, 0.717) is 0 Å². The molecule has 4 heteroatoms. The molecule has 0 aliphatic rings. The Labute approximate surface area is 99.5 Å². The molecule has 2 aromatic carbocycles. The molecular formula is C12H12ClNO2. The maximum absolute atomic E-state index is 10.4. The number of aliphatic carboxylic acids is 1. The number of nitrogens with one attached hydrogen (secondary N) is 1. The molecule has 2 N–H and O–H groups in total. The first kappa shape index (κ1) is 12.3. The molecule has 0 atom stereocenters. The maximum atomic E-state index is 10.4. The molecule has 2 rings (SSSR count). The second-order valence-electron chi connectivity index (χ2n) is 3.27. The van der Waals surface area contributed by atoms with Crippen molar-refractivity contribution in [1.29, 1.82) is 0 Å². The van der Waals surface area contributed by atoms with E-state index in [1.54, 1.807) is 0 Å². The van der Waals surface area contributed by atoms with E-state index in [2.05, 4.69) is 5.32 Å². The third-order valence-electron chi connectivity index (χ3n) is 2.22. The van der Waals surface area contributed by atoms with Crippen LogP contribution in [0, 0.1) is 0 Å². The average molecular weight is 238 g/mol. The topological polar surface area (TPSA) is 49.3 Å². The molecule has 0 aliphatic carbocycles. The Morgan fingerprint density at radius 2 is 1.81 bits per heavy atom. The molecule has 0 aliphatic heterocycles. The van der Waals surface area contributed by atoms with Gasteiger partial charge in [-0.05, 0) is 11.5 Å². The Hall–Kier alpha value is -1.74. The lowest BCUT2D eigenvalue weighted by Crippen LogP contribution is -2.12. The number of carbonyl (C=O) groups is 1. The van der Waals surface area contributed by atoms with Crippen molar-refractivity contribution in [2.75, 3.05) is 11.9 Å². The van der Waals surface area contributed by atoms with Gasteiger partial charge in [-0.1, -0.05) is 36.4 Å². The van der Waals surface area contributed by atoms with Gasteiger partial charge in [0.15, 0.2) is 0 Å². The summed E-state index contributed by atoms with van der Waals surface area (Å²) < 4.78 is 0. The fourth-order valence-corrected chi connectivity index (χ4v) is 1.55. The summed E-state index contributed by atoms with van der Waals surface area (Å²) in [6.45, 7) is -0.0615. The first-order valence-corrected chi connectivity index (χ1v) is 4.71. The summed E-state index contributed by atoms with van der Waals surface area (Å²) in [6, 6.07) is 13.7. The minimum absolute atomic E-state index is 0. The van der Waals surface area contributed by atoms with Crippen LogP contribution in [0.1, 0.15) is 0 Å². The summed E-state index contributed by atoms with van der Waals surface area (Å²) in [7, 11) is 0. The number of hydrogen-bond donors (Lipinski definition) is 2. The maximum Gasteiger partial charge on any atom is 0.322 e. The molecule has 0 bridgehead atoms. The van der Waals surface area contributed by atoms with E-state index < -0.39 is 5.97 Å². The summed E-state index contributed by atoms with van der Waals surface area (Å²) in [4.78, 5) is 10.4. The van der Waals surface area contributed by atoms with Crippen molar-refractivity contribution >= 4 is 34.8 Å². The van der Waals surface area contributed by atoms with Crippen LogP contribution in [0.2, 0.25) is 0 Å². The molecule has 3 nitrogen and oxygen atoms in total. The first-order chi connectivity index (χ1) is 7.27. The number of fused-ring (bicyclic) bond motifs is 1. The van der Waals surface area contributed by atoms with E-state index in [0.717, 1.165) is 16.5 Å². The number of rotatable bonds is 3. The molecule has 84 valence electrons. The SMILES string of the molecule is Cl.O=C(O)CNc1cccc2ccccc12. The van der Waals surface area contributed by atoms with Crippen LogP contribution in [0.3, 0.4) is 0 Å². The van der Waals surface area contributed by atoms with Crippen molar-refractivity contribution in [2.45, 2.75) is 0 Å². The monoisotopic (exact) mass is 237 g/mol. The average Bonchev–Trinajstić information content (AvgIpc) is 2.26. The highest BCUT2D eigenvalue weighted by molar-refractivity contribution is 5.94. The molecule has 2 aromatic rings. The molecular weight excluding hydrogens is 226 g/mol. The van der Waals surface area contributed by atoms with Crippen LogP contribution in [-0.4, -0.2) is 17.6 Å². The first-order valence-electron chi connectivity index (χ1n) is 4.71. The van der Waals surface area contributed by atoms with Crippen molar-refractivity contribution in [1.82, 2.24) is 0 Å². The van der Waals surface area contributed by atoms with Crippen LogP contribution in [0.15, 0.2) is 42.5 Å². The highest BCUT2D eigenvalue weighted by Gasteiger charge is 2.01. The van der Waals surface area contributed by atoms with Gasteiger partial charge in [0.05, 0.1) is 0 Å². The summed E-state index contributed by atoms with van der Waals surface area (Å²) in [6.07, 6.45) is 0. The molecule has 0 amide bonds. The lowest BCUT2D eigenvalue weighted by atomic mass is 10.1. The number of hydrogen-bond acceptors (Lipinski definition) is 2.